The highest BCUT2D eigenvalue weighted by Crippen LogP contribution is 2.37. The van der Waals surface area contributed by atoms with E-state index in [9.17, 15) is 0 Å². The van der Waals surface area contributed by atoms with Crippen LogP contribution in [-0.4, -0.2) is 20.8 Å². The van der Waals surface area contributed by atoms with E-state index in [2.05, 4.69) is 18.3 Å². The molecule has 1 N–H and O–H groups in total. The summed E-state index contributed by atoms with van der Waals surface area (Å²) in [7, 11) is 3.36. The average molecular weight is 235 g/mol. The van der Waals surface area contributed by atoms with E-state index in [-0.39, 0.29) is 0 Å². The Hall–Kier alpha value is -1.38. The molecule has 1 aliphatic heterocycles. The fraction of sp³-hybridized carbons (Fsp3) is 0.571. The van der Waals surface area contributed by atoms with Crippen LogP contribution in [0.2, 0.25) is 0 Å². The molecule has 0 amide bonds. The van der Waals surface area contributed by atoms with Crippen LogP contribution < -0.4 is 14.8 Å². The van der Waals surface area contributed by atoms with Crippen molar-refractivity contribution in [2.75, 3.05) is 26.1 Å². The van der Waals surface area contributed by atoms with Gasteiger partial charge in [-0.05, 0) is 30.4 Å². The number of nitrogens with one attached hydrogen (secondary N) is 1. The van der Waals surface area contributed by atoms with E-state index in [1.54, 1.807) is 14.2 Å². The minimum Gasteiger partial charge on any atom is -0.493 e. The van der Waals surface area contributed by atoms with Gasteiger partial charge >= 0.3 is 0 Å². The van der Waals surface area contributed by atoms with Crippen molar-refractivity contribution in [2.45, 2.75) is 26.2 Å². The highest BCUT2D eigenvalue weighted by molar-refractivity contribution is 5.61. The van der Waals surface area contributed by atoms with E-state index in [0.717, 1.165) is 30.4 Å². The van der Waals surface area contributed by atoms with Crippen LogP contribution in [0.25, 0.3) is 0 Å². The van der Waals surface area contributed by atoms with Gasteiger partial charge in [-0.3, -0.25) is 0 Å². The average Bonchev–Trinajstić information content (AvgIpc) is 2.37. The Morgan fingerprint density at radius 1 is 1.24 bits per heavy atom. The van der Waals surface area contributed by atoms with Crippen molar-refractivity contribution in [2.24, 2.45) is 5.92 Å². The Labute approximate surface area is 103 Å². The summed E-state index contributed by atoms with van der Waals surface area (Å²) < 4.78 is 10.7. The summed E-state index contributed by atoms with van der Waals surface area (Å²) in [4.78, 5) is 0. The van der Waals surface area contributed by atoms with Gasteiger partial charge in [0, 0.05) is 18.3 Å². The molecule has 0 bridgehead atoms. The third-order valence-corrected chi connectivity index (χ3v) is 3.40. The highest BCUT2D eigenvalue weighted by Gasteiger charge is 2.20. The van der Waals surface area contributed by atoms with Crippen molar-refractivity contribution in [3.63, 3.8) is 0 Å². The summed E-state index contributed by atoms with van der Waals surface area (Å²) in [6.45, 7) is 3.31. The molecular weight excluding hydrogens is 214 g/mol. The van der Waals surface area contributed by atoms with Crippen molar-refractivity contribution in [1.29, 1.82) is 0 Å². The summed E-state index contributed by atoms with van der Waals surface area (Å²) in [6.07, 6.45) is 3.66. The number of fused-ring (bicyclic) bond motifs is 1. The van der Waals surface area contributed by atoms with Gasteiger partial charge in [0.05, 0.1) is 14.2 Å². The summed E-state index contributed by atoms with van der Waals surface area (Å²) in [5.41, 5.74) is 2.53. The van der Waals surface area contributed by atoms with Crippen LogP contribution in [-0.2, 0) is 6.42 Å². The van der Waals surface area contributed by atoms with Crippen LogP contribution in [0.4, 0.5) is 5.69 Å². The Bertz CT molecular complexity index is 390. The quantitative estimate of drug-likeness (QED) is 0.870. The Kier molecular flexibility index (Phi) is 3.77. The summed E-state index contributed by atoms with van der Waals surface area (Å²) in [5.74, 6) is 2.36. The third kappa shape index (κ3) is 2.48. The molecule has 3 heteroatoms. The highest BCUT2D eigenvalue weighted by atomic mass is 16.5. The number of hydrogen-bond acceptors (Lipinski definition) is 3. The molecule has 2 rings (SSSR count). The molecule has 3 nitrogen and oxygen atoms in total. The van der Waals surface area contributed by atoms with E-state index in [4.69, 9.17) is 9.47 Å². The standard InChI is InChI=1S/C14H21NO2/c1-4-5-10-6-11-7-13(16-2)14(17-3)8-12(11)15-9-10/h7-8,10,15H,4-6,9H2,1-3H3. The van der Waals surface area contributed by atoms with E-state index < -0.39 is 0 Å². The molecule has 17 heavy (non-hydrogen) atoms. The lowest BCUT2D eigenvalue weighted by atomic mass is 9.90. The van der Waals surface area contributed by atoms with Gasteiger partial charge in [0.1, 0.15) is 0 Å². The first-order chi connectivity index (χ1) is 8.28. The predicted molar refractivity (Wildman–Crippen MR) is 70.1 cm³/mol. The van der Waals surface area contributed by atoms with Gasteiger partial charge in [-0.1, -0.05) is 13.3 Å². The lowest BCUT2D eigenvalue weighted by Crippen LogP contribution is -2.23. The first-order valence-corrected chi connectivity index (χ1v) is 6.27. The van der Waals surface area contributed by atoms with E-state index in [1.165, 1.54) is 24.1 Å². The molecule has 0 radical (unpaired) electrons. The smallest absolute Gasteiger partial charge is 0.162 e. The maximum atomic E-state index is 5.34. The molecule has 94 valence electrons. The molecule has 0 aromatic heterocycles. The zero-order chi connectivity index (χ0) is 12.3. The van der Waals surface area contributed by atoms with Crippen LogP contribution in [0, 0.1) is 5.92 Å². The lowest BCUT2D eigenvalue weighted by Gasteiger charge is -2.27. The maximum absolute atomic E-state index is 5.34. The number of methoxy groups -OCH3 is 2. The van der Waals surface area contributed by atoms with Crippen molar-refractivity contribution >= 4 is 5.69 Å². The van der Waals surface area contributed by atoms with E-state index in [1.807, 2.05) is 6.07 Å². The van der Waals surface area contributed by atoms with Gasteiger partial charge in [0.2, 0.25) is 0 Å². The van der Waals surface area contributed by atoms with E-state index in [0.29, 0.717) is 0 Å². The Balaban J connectivity index is 2.25. The largest absolute Gasteiger partial charge is 0.493 e. The van der Waals surface area contributed by atoms with Gasteiger partial charge < -0.3 is 14.8 Å². The first kappa shape index (κ1) is 12.1. The zero-order valence-corrected chi connectivity index (χ0v) is 10.9. The minimum absolute atomic E-state index is 0.741. The predicted octanol–water partition coefficient (Wildman–Crippen LogP) is 3.09. The molecule has 0 saturated carbocycles. The Morgan fingerprint density at radius 2 is 1.94 bits per heavy atom. The lowest BCUT2D eigenvalue weighted by molar-refractivity contribution is 0.354. The fourth-order valence-corrected chi connectivity index (χ4v) is 2.50. The van der Waals surface area contributed by atoms with Gasteiger partial charge in [0.25, 0.3) is 0 Å². The summed E-state index contributed by atoms with van der Waals surface area (Å²) >= 11 is 0. The number of ether oxygens (including phenoxy) is 2. The second-order valence-electron chi connectivity index (χ2n) is 4.60. The molecule has 0 fully saturated rings. The van der Waals surface area contributed by atoms with Gasteiger partial charge in [0.15, 0.2) is 11.5 Å². The van der Waals surface area contributed by atoms with Crippen molar-refractivity contribution < 1.29 is 9.47 Å². The molecule has 1 aliphatic rings. The second-order valence-corrected chi connectivity index (χ2v) is 4.60. The molecule has 0 spiro atoms. The van der Waals surface area contributed by atoms with Crippen molar-refractivity contribution in [1.82, 2.24) is 0 Å². The first-order valence-electron chi connectivity index (χ1n) is 6.27. The molecule has 1 unspecified atom stereocenters. The number of benzene rings is 1. The molecule has 1 atom stereocenters. The molecule has 1 aromatic carbocycles. The Morgan fingerprint density at radius 3 is 2.59 bits per heavy atom. The van der Waals surface area contributed by atoms with E-state index >= 15 is 0 Å². The SMILES string of the molecule is CCCC1CNc2cc(OC)c(OC)cc2C1. The summed E-state index contributed by atoms with van der Waals surface area (Å²) in [6, 6.07) is 4.14. The van der Waals surface area contributed by atoms with Crippen LogP contribution in [0.15, 0.2) is 12.1 Å². The van der Waals surface area contributed by atoms with Gasteiger partial charge in [-0.15, -0.1) is 0 Å². The van der Waals surface area contributed by atoms with Crippen LogP contribution in [0.5, 0.6) is 11.5 Å². The third-order valence-electron chi connectivity index (χ3n) is 3.40. The fourth-order valence-electron chi connectivity index (χ4n) is 2.50. The van der Waals surface area contributed by atoms with Crippen molar-refractivity contribution in [3.05, 3.63) is 17.7 Å². The second kappa shape index (κ2) is 5.30. The molecule has 1 aromatic rings. The van der Waals surface area contributed by atoms with Crippen LogP contribution >= 0.6 is 0 Å². The normalized spacial score (nSPS) is 18.2. The van der Waals surface area contributed by atoms with Gasteiger partial charge in [-0.25, -0.2) is 0 Å². The number of rotatable bonds is 4. The molecule has 0 aliphatic carbocycles. The number of anilines is 1. The van der Waals surface area contributed by atoms with Crippen molar-refractivity contribution in [3.8, 4) is 11.5 Å². The maximum Gasteiger partial charge on any atom is 0.162 e. The zero-order valence-electron chi connectivity index (χ0n) is 10.9. The van der Waals surface area contributed by atoms with Crippen LogP contribution in [0.1, 0.15) is 25.3 Å². The minimum atomic E-state index is 0.741. The molecule has 0 saturated heterocycles. The monoisotopic (exact) mass is 235 g/mol. The topological polar surface area (TPSA) is 30.5 Å². The molecule has 1 heterocycles. The number of hydrogen-bond donors (Lipinski definition) is 1. The molecular formula is C14H21NO2. The van der Waals surface area contributed by atoms with Crippen LogP contribution in [0.3, 0.4) is 0 Å². The van der Waals surface area contributed by atoms with Gasteiger partial charge in [-0.2, -0.15) is 0 Å². The summed E-state index contributed by atoms with van der Waals surface area (Å²) in [5, 5.41) is 3.49.